The zero-order valence-corrected chi connectivity index (χ0v) is 16.9. The molecule has 0 saturated heterocycles. The van der Waals surface area contributed by atoms with Crippen molar-refractivity contribution in [3.05, 3.63) is 36.0 Å². The van der Waals surface area contributed by atoms with Crippen LogP contribution in [0.1, 0.15) is 25.3 Å². The van der Waals surface area contributed by atoms with Crippen LogP contribution < -0.4 is 10.6 Å². The molecule has 8 heteroatoms. The third-order valence-corrected chi connectivity index (χ3v) is 4.01. The van der Waals surface area contributed by atoms with E-state index >= 15 is 0 Å². The topological polar surface area (TPSA) is 93.0 Å². The molecule has 2 rings (SSSR count). The SMILES string of the molecule is CCc1ccc(N=Nc2cnc(NCCCOC)nc2NCCCOC)cc1. The number of benzene rings is 1. The molecule has 0 aliphatic rings. The Bertz CT molecular complexity index is 721. The third kappa shape index (κ3) is 7.58. The Morgan fingerprint density at radius 3 is 2.25 bits per heavy atom. The van der Waals surface area contributed by atoms with E-state index in [0.717, 1.165) is 38.0 Å². The molecular formula is C20H30N6O2. The number of anilines is 2. The zero-order valence-electron chi connectivity index (χ0n) is 16.9. The molecule has 0 fully saturated rings. The van der Waals surface area contributed by atoms with Gasteiger partial charge in [-0.15, -0.1) is 5.11 Å². The summed E-state index contributed by atoms with van der Waals surface area (Å²) in [7, 11) is 3.38. The van der Waals surface area contributed by atoms with Crippen LogP contribution >= 0.6 is 0 Å². The van der Waals surface area contributed by atoms with E-state index in [9.17, 15) is 0 Å². The fraction of sp³-hybridized carbons (Fsp3) is 0.500. The average Bonchev–Trinajstić information content (AvgIpc) is 2.74. The molecule has 0 bridgehead atoms. The summed E-state index contributed by atoms with van der Waals surface area (Å²) in [6.45, 7) is 4.96. The lowest BCUT2D eigenvalue weighted by atomic mass is 10.2. The second-order valence-corrected chi connectivity index (χ2v) is 6.19. The Kier molecular flexibility index (Phi) is 9.88. The first-order valence-electron chi connectivity index (χ1n) is 9.60. The van der Waals surface area contributed by atoms with Crippen LogP contribution in [0.5, 0.6) is 0 Å². The van der Waals surface area contributed by atoms with Crippen LogP contribution in [-0.4, -0.2) is 50.5 Å². The minimum absolute atomic E-state index is 0.552. The number of aryl methyl sites for hydroxylation is 1. The molecule has 0 radical (unpaired) electrons. The van der Waals surface area contributed by atoms with Gasteiger partial charge in [0, 0.05) is 40.5 Å². The molecule has 28 heavy (non-hydrogen) atoms. The van der Waals surface area contributed by atoms with Gasteiger partial charge in [0.1, 0.15) is 5.69 Å². The number of hydrogen-bond acceptors (Lipinski definition) is 8. The van der Waals surface area contributed by atoms with Gasteiger partial charge in [0.05, 0.1) is 11.9 Å². The lowest BCUT2D eigenvalue weighted by Gasteiger charge is -2.10. The first-order valence-corrected chi connectivity index (χ1v) is 9.60. The maximum Gasteiger partial charge on any atom is 0.224 e. The fourth-order valence-electron chi connectivity index (χ4n) is 2.41. The van der Waals surface area contributed by atoms with Crippen molar-refractivity contribution >= 4 is 23.1 Å². The molecule has 0 atom stereocenters. The van der Waals surface area contributed by atoms with Crippen molar-refractivity contribution in [3.8, 4) is 0 Å². The van der Waals surface area contributed by atoms with Gasteiger partial charge < -0.3 is 20.1 Å². The summed E-state index contributed by atoms with van der Waals surface area (Å²) >= 11 is 0. The number of methoxy groups -OCH3 is 2. The molecular weight excluding hydrogens is 356 g/mol. The predicted octanol–water partition coefficient (Wildman–Crippen LogP) is 4.35. The molecule has 0 saturated carbocycles. The molecule has 0 unspecified atom stereocenters. The monoisotopic (exact) mass is 386 g/mol. The van der Waals surface area contributed by atoms with E-state index in [1.165, 1.54) is 5.56 Å². The highest BCUT2D eigenvalue weighted by Gasteiger charge is 2.07. The number of hydrogen-bond donors (Lipinski definition) is 2. The van der Waals surface area contributed by atoms with Gasteiger partial charge in [-0.1, -0.05) is 19.1 Å². The van der Waals surface area contributed by atoms with Crippen molar-refractivity contribution in [2.75, 3.05) is 51.2 Å². The molecule has 152 valence electrons. The first-order chi connectivity index (χ1) is 13.8. The number of nitrogens with one attached hydrogen (secondary N) is 2. The number of azo groups is 1. The summed E-state index contributed by atoms with van der Waals surface area (Å²) in [5.74, 6) is 1.20. The maximum absolute atomic E-state index is 5.10. The van der Waals surface area contributed by atoms with Crippen LogP contribution in [0.4, 0.5) is 23.1 Å². The zero-order chi connectivity index (χ0) is 20.0. The molecule has 1 aromatic carbocycles. The van der Waals surface area contributed by atoms with E-state index < -0.39 is 0 Å². The Balaban J connectivity index is 2.09. The summed E-state index contributed by atoms with van der Waals surface area (Å²) in [5, 5.41) is 15.1. The Morgan fingerprint density at radius 2 is 1.61 bits per heavy atom. The molecule has 0 aliphatic carbocycles. The number of ether oxygens (including phenoxy) is 2. The van der Waals surface area contributed by atoms with E-state index in [-0.39, 0.29) is 0 Å². The van der Waals surface area contributed by atoms with E-state index in [2.05, 4.69) is 49.9 Å². The summed E-state index contributed by atoms with van der Waals surface area (Å²) < 4.78 is 10.1. The minimum atomic E-state index is 0.552. The van der Waals surface area contributed by atoms with Gasteiger partial charge in [0.25, 0.3) is 0 Å². The van der Waals surface area contributed by atoms with Crippen molar-refractivity contribution in [1.82, 2.24) is 9.97 Å². The second-order valence-electron chi connectivity index (χ2n) is 6.19. The molecule has 8 nitrogen and oxygen atoms in total. The standard InChI is InChI=1S/C20H30N6O2/c1-4-16-7-9-17(10-8-16)25-26-18-15-23-20(22-12-6-14-28-3)24-19(18)21-11-5-13-27-2/h7-10,15H,4-6,11-14H2,1-3H3,(H2,21,22,23,24). The minimum Gasteiger partial charge on any atom is -0.385 e. The van der Waals surface area contributed by atoms with Gasteiger partial charge in [0.2, 0.25) is 5.95 Å². The van der Waals surface area contributed by atoms with Gasteiger partial charge in [-0.2, -0.15) is 10.1 Å². The lowest BCUT2D eigenvalue weighted by Crippen LogP contribution is -2.10. The van der Waals surface area contributed by atoms with Crippen molar-refractivity contribution < 1.29 is 9.47 Å². The molecule has 0 aliphatic heterocycles. The number of nitrogens with zero attached hydrogens (tertiary/aromatic N) is 4. The van der Waals surface area contributed by atoms with E-state index in [1.807, 2.05) is 12.1 Å². The highest BCUT2D eigenvalue weighted by atomic mass is 16.5. The van der Waals surface area contributed by atoms with E-state index in [4.69, 9.17) is 9.47 Å². The van der Waals surface area contributed by atoms with Gasteiger partial charge in [-0.3, -0.25) is 0 Å². The molecule has 0 spiro atoms. The van der Waals surface area contributed by atoms with Gasteiger partial charge in [-0.05, 0) is 37.0 Å². The van der Waals surface area contributed by atoms with Crippen molar-refractivity contribution in [2.45, 2.75) is 26.2 Å². The van der Waals surface area contributed by atoms with E-state index in [1.54, 1.807) is 20.4 Å². The van der Waals surface area contributed by atoms with Crippen molar-refractivity contribution in [3.63, 3.8) is 0 Å². The largest absolute Gasteiger partial charge is 0.385 e. The Hall–Kier alpha value is -2.58. The van der Waals surface area contributed by atoms with Gasteiger partial charge >= 0.3 is 0 Å². The van der Waals surface area contributed by atoms with Gasteiger partial charge in [0.15, 0.2) is 5.82 Å². The number of rotatable bonds is 13. The van der Waals surface area contributed by atoms with E-state index in [0.29, 0.717) is 30.7 Å². The van der Waals surface area contributed by atoms with Crippen LogP contribution in [0, 0.1) is 0 Å². The molecule has 2 aromatic rings. The number of aromatic nitrogens is 2. The fourth-order valence-corrected chi connectivity index (χ4v) is 2.41. The van der Waals surface area contributed by atoms with Crippen LogP contribution in [-0.2, 0) is 15.9 Å². The predicted molar refractivity (Wildman–Crippen MR) is 112 cm³/mol. The summed E-state index contributed by atoms with van der Waals surface area (Å²) in [6.07, 6.45) is 4.42. The highest BCUT2D eigenvalue weighted by molar-refractivity contribution is 5.61. The smallest absolute Gasteiger partial charge is 0.224 e. The van der Waals surface area contributed by atoms with Crippen molar-refractivity contribution in [2.24, 2.45) is 10.2 Å². The Morgan fingerprint density at radius 1 is 0.929 bits per heavy atom. The Labute approximate surface area is 166 Å². The maximum atomic E-state index is 5.10. The van der Waals surface area contributed by atoms with Crippen LogP contribution in [0.2, 0.25) is 0 Å². The molecule has 0 amide bonds. The summed E-state index contributed by atoms with van der Waals surface area (Å²) in [4.78, 5) is 8.88. The first kappa shape index (κ1) is 21.7. The summed E-state index contributed by atoms with van der Waals surface area (Å²) in [6, 6.07) is 8.03. The second kappa shape index (κ2) is 12.7. The quantitative estimate of drug-likeness (QED) is 0.393. The van der Waals surface area contributed by atoms with Crippen molar-refractivity contribution in [1.29, 1.82) is 0 Å². The molecule has 1 aromatic heterocycles. The third-order valence-electron chi connectivity index (χ3n) is 4.01. The lowest BCUT2D eigenvalue weighted by molar-refractivity contribution is 0.197. The molecule has 2 N–H and O–H groups in total. The average molecular weight is 387 g/mol. The van der Waals surface area contributed by atoms with Crippen LogP contribution in [0.3, 0.4) is 0 Å². The molecule has 1 heterocycles. The van der Waals surface area contributed by atoms with Crippen LogP contribution in [0.15, 0.2) is 40.7 Å². The van der Waals surface area contributed by atoms with Crippen LogP contribution in [0.25, 0.3) is 0 Å². The highest BCUT2D eigenvalue weighted by Crippen LogP contribution is 2.25. The van der Waals surface area contributed by atoms with Gasteiger partial charge in [-0.25, -0.2) is 4.98 Å². The summed E-state index contributed by atoms with van der Waals surface area (Å²) in [5.41, 5.74) is 2.66. The normalized spacial score (nSPS) is 11.1.